The minimum atomic E-state index is -0.191. The fraction of sp³-hybridized carbons (Fsp3) is 0.182. The Bertz CT molecular complexity index is 5190. The molecule has 0 atom stereocenters. The number of ether oxygens (including phenoxy) is 1. The molecule has 7 heteroatoms. The van der Waals surface area contributed by atoms with Crippen LogP contribution in [0.3, 0.4) is 0 Å². The molecule has 14 aromatic rings. The number of hydrogen-bond donors (Lipinski definition) is 0. The minimum Gasteiger partial charge on any atom is -0.507 e. The Hall–Kier alpha value is -9.74. The van der Waals surface area contributed by atoms with Crippen LogP contribution < -0.4 is 14.5 Å². The number of aromatic nitrogens is 3. The van der Waals surface area contributed by atoms with Gasteiger partial charge in [0.05, 0.1) is 0 Å². The minimum absolute atomic E-state index is 0. The van der Waals surface area contributed by atoms with Gasteiger partial charge in [0.2, 0.25) is 0 Å². The largest absolute Gasteiger partial charge is 0.507 e. The average molecular weight is 1420 g/mol. The Labute approximate surface area is 574 Å². The van der Waals surface area contributed by atoms with Crippen LogP contribution in [0, 0.1) is 18.8 Å². The van der Waals surface area contributed by atoms with E-state index < -0.39 is 0 Å². The van der Waals surface area contributed by atoms with Gasteiger partial charge in [-0.1, -0.05) is 252 Å². The smallest absolute Gasteiger partial charge is 0.135 e. The van der Waals surface area contributed by atoms with Gasteiger partial charge in [0.1, 0.15) is 5.82 Å². The monoisotopic (exact) mass is 1420 g/mol. The summed E-state index contributed by atoms with van der Waals surface area (Å²) in [6.45, 7) is 30.0. The molecule has 1 aliphatic rings. The van der Waals surface area contributed by atoms with E-state index in [1.807, 2.05) is 6.20 Å². The molecule has 6 nitrogen and oxygen atoms in total. The normalized spacial score (nSPS) is 12.9. The molecule has 0 saturated carbocycles. The Morgan fingerprint density at radius 3 is 1.56 bits per heavy atom. The predicted molar refractivity (Wildman–Crippen MR) is 395 cm³/mol. The third-order valence-electron chi connectivity index (χ3n) is 18.9. The van der Waals surface area contributed by atoms with E-state index in [2.05, 4.69) is 363 Å². The van der Waals surface area contributed by atoms with Crippen LogP contribution in [0.1, 0.15) is 105 Å². The van der Waals surface area contributed by atoms with Gasteiger partial charge in [-0.05, 0) is 143 Å². The van der Waals surface area contributed by atoms with Crippen molar-refractivity contribution >= 4 is 66.4 Å². The van der Waals surface area contributed by atoms with Crippen LogP contribution in [0.15, 0.2) is 249 Å². The molecule has 3 aromatic heterocycles. The molecule has 95 heavy (non-hydrogen) atoms. The molecule has 0 aliphatic carbocycles. The second kappa shape index (κ2) is 23.9. The fourth-order valence-electron chi connectivity index (χ4n) is 13.8. The van der Waals surface area contributed by atoms with Gasteiger partial charge in [0, 0.05) is 94.3 Å². The van der Waals surface area contributed by atoms with Crippen molar-refractivity contribution in [2.24, 2.45) is 0 Å². The molecule has 0 amide bonds. The van der Waals surface area contributed by atoms with Crippen molar-refractivity contribution in [1.29, 1.82) is 0 Å². The number of hydrogen-bond acceptors (Lipinski definition) is 4. The van der Waals surface area contributed by atoms with Gasteiger partial charge >= 0.3 is 0 Å². The van der Waals surface area contributed by atoms with Gasteiger partial charge in [-0.2, -0.15) is 6.07 Å². The predicted octanol–water partition coefficient (Wildman–Crippen LogP) is 23.9. The first-order valence-corrected chi connectivity index (χ1v) is 32.9. The van der Waals surface area contributed by atoms with E-state index in [9.17, 15) is 0 Å². The van der Waals surface area contributed by atoms with E-state index >= 15 is 0 Å². The van der Waals surface area contributed by atoms with E-state index in [-0.39, 0.29) is 42.7 Å². The van der Waals surface area contributed by atoms with Crippen LogP contribution >= 0.6 is 0 Å². The summed E-state index contributed by atoms with van der Waals surface area (Å²) in [5.41, 5.74) is 22.7. The first-order chi connectivity index (χ1) is 45.1. The molecule has 11 aromatic carbocycles. The maximum Gasteiger partial charge on any atom is 0.135 e. The van der Waals surface area contributed by atoms with Crippen LogP contribution in [0.2, 0.25) is 0 Å². The zero-order valence-electron chi connectivity index (χ0n) is 56.2. The Morgan fingerprint density at radius 2 is 0.916 bits per heavy atom. The summed E-state index contributed by atoms with van der Waals surface area (Å²) in [4.78, 5) is 9.80. The van der Waals surface area contributed by atoms with Crippen LogP contribution in [0.5, 0.6) is 11.5 Å². The van der Waals surface area contributed by atoms with E-state index in [0.29, 0.717) is 11.5 Å². The zero-order valence-corrected chi connectivity index (χ0v) is 58.5. The topological polar surface area (TPSA) is 38.5 Å². The number of benzene rings is 11. The number of rotatable bonds is 10. The van der Waals surface area contributed by atoms with Gasteiger partial charge in [0.25, 0.3) is 0 Å². The van der Waals surface area contributed by atoms with Crippen molar-refractivity contribution in [3.05, 3.63) is 290 Å². The summed E-state index contributed by atoms with van der Waals surface area (Å²) in [5, 5.41) is 4.47. The Kier molecular flexibility index (Phi) is 15.8. The van der Waals surface area contributed by atoms with Gasteiger partial charge in [-0.15, -0.1) is 48.1 Å². The second-order valence-corrected chi connectivity index (χ2v) is 29.4. The van der Waals surface area contributed by atoms with Crippen molar-refractivity contribution in [1.82, 2.24) is 14.1 Å². The summed E-state index contributed by atoms with van der Waals surface area (Å²) in [6, 6.07) is 96.2. The molecule has 15 rings (SSSR count). The van der Waals surface area contributed by atoms with E-state index in [1.165, 1.54) is 44.5 Å². The molecule has 4 heterocycles. The molecular weight excluding hydrogens is 1340 g/mol. The maximum absolute atomic E-state index is 7.50. The molecule has 0 bridgehead atoms. The van der Waals surface area contributed by atoms with Gasteiger partial charge < -0.3 is 23.7 Å². The van der Waals surface area contributed by atoms with Crippen LogP contribution in [0.25, 0.3) is 99.6 Å². The van der Waals surface area contributed by atoms with Crippen molar-refractivity contribution in [3.63, 3.8) is 0 Å². The molecule has 0 unspecified atom stereocenters. The number of fused-ring (bicyclic) bond motifs is 7. The van der Waals surface area contributed by atoms with Crippen molar-refractivity contribution < 1.29 is 25.8 Å². The molecule has 0 saturated heterocycles. The summed E-state index contributed by atoms with van der Waals surface area (Å²) in [7, 11) is 0. The number of pyridine rings is 1. The molecule has 0 radical (unpaired) electrons. The van der Waals surface area contributed by atoms with E-state index in [4.69, 9.17) is 9.72 Å². The van der Waals surface area contributed by atoms with Crippen molar-refractivity contribution in [2.45, 2.75) is 105 Å². The second-order valence-electron chi connectivity index (χ2n) is 29.4. The molecular formula is C88H78N5OPt-3. The molecule has 0 spiro atoms. The van der Waals surface area contributed by atoms with Gasteiger partial charge in [-0.3, -0.25) is 0 Å². The van der Waals surface area contributed by atoms with Crippen molar-refractivity contribution in [3.8, 4) is 67.5 Å². The average Bonchev–Trinajstić information content (AvgIpc) is 1.69. The van der Waals surface area contributed by atoms with Gasteiger partial charge in [-0.25, -0.2) is 4.98 Å². The summed E-state index contributed by atoms with van der Waals surface area (Å²) < 4.78 is 12.1. The standard InChI is InChI=1S/C88H78N5O.Pt/c1-85(2,3)62-40-43-67(74(52-62)88(10,11)12)73-51-64(87(7,8)9)50-71(60-37-35-59(36-38-60)57-25-15-13-16-26-57)84(73)91-56-90(78-33-23-24-34-79(78)91)65-41-46-80(92-75-31-21-19-29-68(75)69-30-20-22-32-76(69)92)82(54-65)94-66-42-44-70-72-49-61(58-27-17-14-18-28-58)39-45-77(72)93(81(70)55-66)83-53-63(47-48-89-83)86(4,5)6;/h13-53,56H,1-12H3;/q-3;. The summed E-state index contributed by atoms with van der Waals surface area (Å²) >= 11 is 0. The Balaban J connectivity index is 0.00000778. The van der Waals surface area contributed by atoms with E-state index in [0.717, 1.165) is 100 Å². The number of nitrogens with zero attached hydrogens (tertiary/aromatic N) is 5. The number of para-hydroxylation sites is 4. The maximum atomic E-state index is 7.50. The molecule has 474 valence electrons. The third kappa shape index (κ3) is 11.4. The molecule has 1 aliphatic heterocycles. The van der Waals surface area contributed by atoms with E-state index in [1.54, 1.807) is 0 Å². The summed E-state index contributed by atoms with van der Waals surface area (Å²) in [6.07, 6.45) is 1.93. The quantitative estimate of drug-likeness (QED) is 0.128. The van der Waals surface area contributed by atoms with Crippen LogP contribution in [-0.2, 0) is 42.7 Å². The molecule has 0 N–H and O–H groups in total. The first kappa shape index (κ1) is 62.7. The summed E-state index contributed by atoms with van der Waals surface area (Å²) in [5.74, 6) is 1.92. The van der Waals surface area contributed by atoms with Crippen molar-refractivity contribution in [2.75, 3.05) is 9.80 Å². The molecule has 0 fully saturated rings. The Morgan fingerprint density at radius 1 is 0.368 bits per heavy atom. The zero-order chi connectivity index (χ0) is 65.0. The SMILES string of the molecule is CC(C)(C)c1ccnc(-n2c3[c-]c(Oc4[c-]c(N5[CH-]N(c6c(-c7ccc(-c8ccccc8)cc7)cc(C(C)(C)C)cc6-c6ccc(C(C)(C)C)cc6C(C)(C)C)c6ccccc65)ccc4-n4c5ccccc5c5ccccc54)ccc3c3cc(-c4ccccc4)ccc32)c1.[Pt]. The van der Waals surface area contributed by atoms with Gasteiger partial charge in [0.15, 0.2) is 0 Å². The fourth-order valence-corrected chi connectivity index (χ4v) is 13.8. The third-order valence-corrected chi connectivity index (χ3v) is 18.9. The first-order valence-electron chi connectivity index (χ1n) is 32.9. The number of anilines is 4. The van der Waals surface area contributed by atoms with Crippen LogP contribution in [0.4, 0.5) is 22.7 Å². The van der Waals surface area contributed by atoms with Crippen LogP contribution in [-0.4, -0.2) is 14.1 Å².